The number of hydrogen-bond donors (Lipinski definition) is 1. The van der Waals surface area contributed by atoms with Crippen molar-refractivity contribution in [3.05, 3.63) is 17.5 Å². The normalized spacial score (nSPS) is 23.8. The van der Waals surface area contributed by atoms with Crippen LogP contribution in [0.25, 0.3) is 0 Å². The molecule has 2 N–H and O–H groups in total. The maximum atomic E-state index is 5.74. The number of ether oxygens (including phenoxy) is 1. The van der Waals surface area contributed by atoms with Gasteiger partial charge in [0.05, 0.1) is 13.2 Å². The highest BCUT2D eigenvalue weighted by Gasteiger charge is 2.21. The van der Waals surface area contributed by atoms with E-state index < -0.39 is 0 Å². The lowest BCUT2D eigenvalue weighted by Crippen LogP contribution is -2.37. The van der Waals surface area contributed by atoms with Crippen LogP contribution in [0.5, 0.6) is 0 Å². The fourth-order valence-electron chi connectivity index (χ4n) is 2.69. The van der Waals surface area contributed by atoms with Crippen LogP contribution >= 0.6 is 0 Å². The van der Waals surface area contributed by atoms with Crippen LogP contribution in [0, 0.1) is 5.92 Å². The number of aromatic nitrogens is 2. The van der Waals surface area contributed by atoms with Crippen molar-refractivity contribution in [2.45, 2.75) is 19.3 Å². The fraction of sp³-hybridized carbons (Fsp3) is 0.692. The molecule has 0 radical (unpaired) electrons. The van der Waals surface area contributed by atoms with Gasteiger partial charge in [-0.05, 0) is 37.3 Å². The molecular formula is C13H20N4O. The van der Waals surface area contributed by atoms with Gasteiger partial charge in [0.1, 0.15) is 0 Å². The number of hydrogen-bond acceptors (Lipinski definition) is 5. The number of nitrogens with two attached hydrogens (primary N) is 1. The van der Waals surface area contributed by atoms with Crippen molar-refractivity contribution in [1.29, 1.82) is 0 Å². The van der Waals surface area contributed by atoms with Crippen molar-refractivity contribution in [1.82, 2.24) is 9.97 Å². The molecule has 0 bridgehead atoms. The van der Waals surface area contributed by atoms with Gasteiger partial charge in [-0.3, -0.25) is 0 Å². The zero-order valence-electron chi connectivity index (χ0n) is 10.6. The lowest BCUT2D eigenvalue weighted by atomic mass is 9.87. The first-order valence-electron chi connectivity index (χ1n) is 6.74. The Morgan fingerprint density at radius 3 is 3.00 bits per heavy atom. The van der Waals surface area contributed by atoms with Crippen molar-refractivity contribution < 1.29 is 4.74 Å². The average molecular weight is 248 g/mol. The van der Waals surface area contributed by atoms with Crippen molar-refractivity contribution in [2.24, 2.45) is 11.7 Å². The fourth-order valence-corrected chi connectivity index (χ4v) is 2.69. The van der Waals surface area contributed by atoms with Crippen LogP contribution in [-0.2, 0) is 17.6 Å². The van der Waals surface area contributed by atoms with Gasteiger partial charge in [0.2, 0.25) is 5.95 Å². The van der Waals surface area contributed by atoms with Gasteiger partial charge in [0.15, 0.2) is 0 Å². The molecule has 0 spiro atoms. The average Bonchev–Trinajstić information content (AvgIpc) is 2.47. The summed E-state index contributed by atoms with van der Waals surface area (Å²) in [6.45, 7) is 4.10. The molecule has 0 amide bonds. The lowest BCUT2D eigenvalue weighted by molar-refractivity contribution is 0.122. The smallest absolute Gasteiger partial charge is 0.225 e. The number of anilines is 1. The first-order chi connectivity index (χ1) is 8.86. The third-order valence-corrected chi connectivity index (χ3v) is 3.87. The second-order valence-electron chi connectivity index (χ2n) is 5.09. The summed E-state index contributed by atoms with van der Waals surface area (Å²) in [7, 11) is 0. The van der Waals surface area contributed by atoms with Crippen molar-refractivity contribution in [3.8, 4) is 0 Å². The molecule has 1 aromatic heterocycles. The van der Waals surface area contributed by atoms with E-state index in [-0.39, 0.29) is 0 Å². The molecule has 18 heavy (non-hydrogen) atoms. The van der Waals surface area contributed by atoms with Crippen LogP contribution in [0.3, 0.4) is 0 Å². The first kappa shape index (κ1) is 11.9. The summed E-state index contributed by atoms with van der Waals surface area (Å²) in [4.78, 5) is 11.4. The Balaban J connectivity index is 1.78. The molecule has 0 aromatic carbocycles. The highest BCUT2D eigenvalue weighted by Crippen LogP contribution is 2.24. The zero-order chi connectivity index (χ0) is 12.4. The highest BCUT2D eigenvalue weighted by molar-refractivity contribution is 5.34. The molecule has 2 heterocycles. The van der Waals surface area contributed by atoms with E-state index in [1.165, 1.54) is 11.3 Å². The summed E-state index contributed by atoms with van der Waals surface area (Å²) in [5.74, 6) is 1.47. The molecule has 1 saturated heterocycles. The van der Waals surface area contributed by atoms with Gasteiger partial charge in [-0.25, -0.2) is 9.97 Å². The number of rotatable bonds is 2. The minimum Gasteiger partial charge on any atom is -0.378 e. The quantitative estimate of drug-likeness (QED) is 0.819. The van der Waals surface area contributed by atoms with Crippen LogP contribution in [-0.4, -0.2) is 42.8 Å². The number of fused-ring (bicyclic) bond motifs is 1. The van der Waals surface area contributed by atoms with Gasteiger partial charge in [-0.2, -0.15) is 0 Å². The number of nitrogens with zero attached hydrogens (tertiary/aromatic N) is 3. The van der Waals surface area contributed by atoms with E-state index in [4.69, 9.17) is 15.5 Å². The van der Waals surface area contributed by atoms with Gasteiger partial charge >= 0.3 is 0 Å². The van der Waals surface area contributed by atoms with Gasteiger partial charge in [0, 0.05) is 25.0 Å². The largest absolute Gasteiger partial charge is 0.378 e. The Hall–Kier alpha value is -1.20. The summed E-state index contributed by atoms with van der Waals surface area (Å²) in [5.41, 5.74) is 8.25. The number of morpholine rings is 1. The third kappa shape index (κ3) is 2.33. The molecule has 5 nitrogen and oxygen atoms in total. The monoisotopic (exact) mass is 248 g/mol. The summed E-state index contributed by atoms with van der Waals surface area (Å²) < 4.78 is 5.35. The summed E-state index contributed by atoms with van der Waals surface area (Å²) in [6.07, 6.45) is 5.23. The first-order valence-corrected chi connectivity index (χ1v) is 6.74. The van der Waals surface area contributed by atoms with E-state index in [2.05, 4.69) is 9.88 Å². The summed E-state index contributed by atoms with van der Waals surface area (Å²) >= 11 is 0. The van der Waals surface area contributed by atoms with Crippen LogP contribution in [0.4, 0.5) is 5.95 Å². The molecule has 1 aromatic rings. The van der Waals surface area contributed by atoms with E-state index in [0.717, 1.165) is 58.1 Å². The van der Waals surface area contributed by atoms with Crippen LogP contribution in [0.15, 0.2) is 6.20 Å². The minimum absolute atomic E-state index is 0.607. The second-order valence-corrected chi connectivity index (χ2v) is 5.09. The van der Waals surface area contributed by atoms with Gasteiger partial charge in [-0.1, -0.05) is 0 Å². The summed E-state index contributed by atoms with van der Waals surface area (Å²) in [6, 6.07) is 0. The predicted octanol–water partition coefficient (Wildman–Crippen LogP) is 0.377. The molecular weight excluding hydrogens is 228 g/mol. The Kier molecular flexibility index (Phi) is 3.43. The highest BCUT2D eigenvalue weighted by atomic mass is 16.5. The van der Waals surface area contributed by atoms with Crippen LogP contribution in [0.2, 0.25) is 0 Å². The minimum atomic E-state index is 0.607. The lowest BCUT2D eigenvalue weighted by Gasteiger charge is -2.28. The molecule has 1 atom stereocenters. The van der Waals surface area contributed by atoms with Crippen molar-refractivity contribution >= 4 is 5.95 Å². The molecule has 98 valence electrons. The molecule has 1 aliphatic heterocycles. The van der Waals surface area contributed by atoms with Crippen LogP contribution < -0.4 is 10.6 Å². The summed E-state index contributed by atoms with van der Waals surface area (Å²) in [5, 5.41) is 0. The van der Waals surface area contributed by atoms with Crippen molar-refractivity contribution in [3.63, 3.8) is 0 Å². The van der Waals surface area contributed by atoms with E-state index in [1.807, 2.05) is 6.20 Å². The predicted molar refractivity (Wildman–Crippen MR) is 69.6 cm³/mol. The Morgan fingerprint density at radius 2 is 2.22 bits per heavy atom. The Bertz CT molecular complexity index is 417. The van der Waals surface area contributed by atoms with Crippen molar-refractivity contribution in [2.75, 3.05) is 37.7 Å². The van der Waals surface area contributed by atoms with E-state index >= 15 is 0 Å². The number of aryl methyl sites for hydroxylation is 1. The SMILES string of the molecule is NCC1CCc2nc(N3CCOCC3)ncc2C1. The topological polar surface area (TPSA) is 64.3 Å². The van der Waals surface area contributed by atoms with Gasteiger partial charge in [0.25, 0.3) is 0 Å². The molecule has 2 aliphatic rings. The standard InChI is InChI=1S/C13H20N4O/c14-8-10-1-2-12-11(7-10)9-15-13(16-12)17-3-5-18-6-4-17/h9-10H,1-8,14H2. The van der Waals surface area contributed by atoms with E-state index in [1.54, 1.807) is 0 Å². The zero-order valence-corrected chi connectivity index (χ0v) is 10.6. The second kappa shape index (κ2) is 5.20. The third-order valence-electron chi connectivity index (χ3n) is 3.87. The van der Waals surface area contributed by atoms with Crippen LogP contribution in [0.1, 0.15) is 17.7 Å². The molecule has 3 rings (SSSR count). The van der Waals surface area contributed by atoms with E-state index in [9.17, 15) is 0 Å². The molecule has 0 saturated carbocycles. The Morgan fingerprint density at radius 1 is 1.39 bits per heavy atom. The maximum absolute atomic E-state index is 5.74. The molecule has 1 aliphatic carbocycles. The molecule has 1 unspecified atom stereocenters. The van der Waals surface area contributed by atoms with Gasteiger partial charge < -0.3 is 15.4 Å². The van der Waals surface area contributed by atoms with E-state index in [0.29, 0.717) is 5.92 Å². The molecule has 1 fully saturated rings. The maximum Gasteiger partial charge on any atom is 0.225 e. The Labute approximate surface area is 107 Å². The molecule has 5 heteroatoms. The van der Waals surface area contributed by atoms with Gasteiger partial charge in [-0.15, -0.1) is 0 Å².